The SMILES string of the molecule is O=C(O)CCCCCCOc1cccc2c1NC(=O)CC2. The second kappa shape index (κ2) is 7.67. The number of hydrogen-bond acceptors (Lipinski definition) is 3. The molecule has 0 unspecified atom stereocenters. The summed E-state index contributed by atoms with van der Waals surface area (Å²) in [6, 6.07) is 5.82. The van der Waals surface area contributed by atoms with Gasteiger partial charge in [0.05, 0.1) is 12.3 Å². The Bertz CT molecular complexity index is 513. The van der Waals surface area contributed by atoms with Crippen LogP contribution in [0.5, 0.6) is 5.75 Å². The molecule has 1 aliphatic heterocycles. The number of carboxylic acids is 1. The van der Waals surface area contributed by atoms with E-state index in [0.29, 0.717) is 19.4 Å². The molecule has 5 heteroatoms. The molecule has 0 saturated heterocycles. The van der Waals surface area contributed by atoms with Crippen LogP contribution >= 0.6 is 0 Å². The molecule has 0 atom stereocenters. The average molecular weight is 291 g/mol. The summed E-state index contributed by atoms with van der Waals surface area (Å²) in [5, 5.41) is 11.4. The lowest BCUT2D eigenvalue weighted by molar-refractivity contribution is -0.137. The number of benzene rings is 1. The van der Waals surface area contributed by atoms with Gasteiger partial charge in [0.15, 0.2) is 0 Å². The molecule has 5 nitrogen and oxygen atoms in total. The smallest absolute Gasteiger partial charge is 0.303 e. The van der Waals surface area contributed by atoms with Crippen molar-refractivity contribution in [2.45, 2.75) is 44.9 Å². The fourth-order valence-electron chi connectivity index (χ4n) is 2.41. The van der Waals surface area contributed by atoms with E-state index in [9.17, 15) is 9.59 Å². The van der Waals surface area contributed by atoms with E-state index in [-0.39, 0.29) is 12.3 Å². The zero-order valence-corrected chi connectivity index (χ0v) is 12.1. The highest BCUT2D eigenvalue weighted by molar-refractivity contribution is 5.95. The first kappa shape index (κ1) is 15.4. The van der Waals surface area contributed by atoms with Crippen LogP contribution in [0.2, 0.25) is 0 Å². The van der Waals surface area contributed by atoms with E-state index in [0.717, 1.165) is 42.7 Å². The van der Waals surface area contributed by atoms with Gasteiger partial charge in [-0.25, -0.2) is 0 Å². The van der Waals surface area contributed by atoms with Crippen molar-refractivity contribution in [1.29, 1.82) is 0 Å². The van der Waals surface area contributed by atoms with Crippen LogP contribution in [0.3, 0.4) is 0 Å². The molecule has 2 N–H and O–H groups in total. The Labute approximate surface area is 124 Å². The number of para-hydroxylation sites is 1. The summed E-state index contributed by atoms with van der Waals surface area (Å²) in [6.45, 7) is 0.583. The largest absolute Gasteiger partial charge is 0.491 e. The Kier molecular flexibility index (Phi) is 5.60. The fourth-order valence-corrected chi connectivity index (χ4v) is 2.41. The van der Waals surface area contributed by atoms with Gasteiger partial charge in [-0.05, 0) is 30.9 Å². The van der Waals surface area contributed by atoms with Crippen LogP contribution in [0.15, 0.2) is 18.2 Å². The predicted molar refractivity (Wildman–Crippen MR) is 79.6 cm³/mol. The van der Waals surface area contributed by atoms with Crippen molar-refractivity contribution in [3.05, 3.63) is 23.8 Å². The van der Waals surface area contributed by atoms with Gasteiger partial charge in [-0.15, -0.1) is 0 Å². The van der Waals surface area contributed by atoms with Crippen LogP contribution in [-0.4, -0.2) is 23.6 Å². The van der Waals surface area contributed by atoms with Crippen molar-refractivity contribution in [2.75, 3.05) is 11.9 Å². The minimum atomic E-state index is -0.738. The van der Waals surface area contributed by atoms with E-state index in [2.05, 4.69) is 5.32 Å². The number of anilines is 1. The van der Waals surface area contributed by atoms with E-state index < -0.39 is 5.97 Å². The molecular weight excluding hydrogens is 270 g/mol. The summed E-state index contributed by atoms with van der Waals surface area (Å²) in [4.78, 5) is 21.8. The van der Waals surface area contributed by atoms with Gasteiger partial charge >= 0.3 is 5.97 Å². The molecule has 2 rings (SSSR count). The number of unbranched alkanes of at least 4 members (excludes halogenated alkanes) is 3. The lowest BCUT2D eigenvalue weighted by Gasteiger charge is -2.20. The molecule has 0 fully saturated rings. The van der Waals surface area contributed by atoms with Crippen LogP contribution in [0.4, 0.5) is 5.69 Å². The third kappa shape index (κ3) is 4.77. The first-order valence-electron chi connectivity index (χ1n) is 7.43. The summed E-state index contributed by atoms with van der Waals surface area (Å²) in [5.41, 5.74) is 1.92. The van der Waals surface area contributed by atoms with Crippen LogP contribution in [0, 0.1) is 0 Å². The standard InChI is InChI=1S/C16H21NO4/c18-14-10-9-12-6-5-7-13(16(12)17-14)21-11-4-2-1-3-8-15(19)20/h5-7H,1-4,8-11H2,(H,17,18)(H,19,20). The van der Waals surface area contributed by atoms with Crippen LogP contribution in [0.1, 0.15) is 44.1 Å². The number of hydrogen-bond donors (Lipinski definition) is 2. The number of aryl methyl sites for hydroxylation is 1. The Morgan fingerprint density at radius 3 is 2.81 bits per heavy atom. The maximum Gasteiger partial charge on any atom is 0.303 e. The Morgan fingerprint density at radius 1 is 1.19 bits per heavy atom. The Morgan fingerprint density at radius 2 is 2.00 bits per heavy atom. The van der Waals surface area contributed by atoms with Gasteiger partial charge in [-0.3, -0.25) is 9.59 Å². The molecule has 1 aromatic carbocycles. The van der Waals surface area contributed by atoms with E-state index in [1.807, 2.05) is 18.2 Å². The van der Waals surface area contributed by atoms with Gasteiger partial charge in [0.1, 0.15) is 5.75 Å². The number of nitrogens with one attached hydrogen (secondary N) is 1. The Balaban J connectivity index is 1.74. The lowest BCUT2D eigenvalue weighted by atomic mass is 10.0. The normalized spacial score (nSPS) is 13.4. The van der Waals surface area contributed by atoms with Gasteiger partial charge in [0, 0.05) is 12.8 Å². The summed E-state index contributed by atoms with van der Waals surface area (Å²) in [7, 11) is 0. The van der Waals surface area contributed by atoms with Gasteiger partial charge in [-0.1, -0.05) is 25.0 Å². The highest BCUT2D eigenvalue weighted by atomic mass is 16.5. The molecule has 114 valence electrons. The summed E-state index contributed by atoms with van der Waals surface area (Å²) in [5.74, 6) is 0.0243. The zero-order valence-electron chi connectivity index (χ0n) is 12.1. The van der Waals surface area contributed by atoms with Gasteiger partial charge in [0.25, 0.3) is 0 Å². The van der Waals surface area contributed by atoms with E-state index in [1.54, 1.807) is 0 Å². The third-order valence-corrected chi connectivity index (χ3v) is 3.54. The molecule has 1 aliphatic rings. The molecule has 0 aromatic heterocycles. The monoisotopic (exact) mass is 291 g/mol. The molecule has 0 radical (unpaired) electrons. The zero-order chi connectivity index (χ0) is 15.1. The van der Waals surface area contributed by atoms with Crippen molar-refractivity contribution in [3.8, 4) is 5.75 Å². The van der Waals surface area contributed by atoms with Gasteiger partial charge < -0.3 is 15.2 Å². The molecule has 0 aliphatic carbocycles. The van der Waals surface area contributed by atoms with Gasteiger partial charge in [0.2, 0.25) is 5.91 Å². The molecule has 0 saturated carbocycles. The number of carbonyl (C=O) groups excluding carboxylic acids is 1. The predicted octanol–water partition coefficient (Wildman–Crippen LogP) is 2.99. The summed E-state index contributed by atoms with van der Waals surface area (Å²) < 4.78 is 5.75. The number of fused-ring (bicyclic) bond motifs is 1. The van der Waals surface area contributed by atoms with E-state index in [4.69, 9.17) is 9.84 Å². The second-order valence-electron chi connectivity index (χ2n) is 5.24. The highest BCUT2D eigenvalue weighted by Gasteiger charge is 2.18. The number of ether oxygens (including phenoxy) is 1. The van der Waals surface area contributed by atoms with Crippen molar-refractivity contribution in [2.24, 2.45) is 0 Å². The van der Waals surface area contributed by atoms with E-state index >= 15 is 0 Å². The molecular formula is C16H21NO4. The van der Waals surface area contributed by atoms with Gasteiger partial charge in [-0.2, -0.15) is 0 Å². The molecule has 1 amide bonds. The topological polar surface area (TPSA) is 75.6 Å². The van der Waals surface area contributed by atoms with Crippen LogP contribution in [0.25, 0.3) is 0 Å². The molecule has 0 bridgehead atoms. The maximum absolute atomic E-state index is 11.5. The third-order valence-electron chi connectivity index (χ3n) is 3.54. The fraction of sp³-hybridized carbons (Fsp3) is 0.500. The first-order chi connectivity index (χ1) is 10.2. The summed E-state index contributed by atoms with van der Waals surface area (Å²) >= 11 is 0. The number of rotatable bonds is 8. The number of carbonyl (C=O) groups is 2. The molecule has 1 heterocycles. The summed E-state index contributed by atoms with van der Waals surface area (Å²) in [6.07, 6.45) is 4.98. The molecule has 0 spiro atoms. The number of aliphatic carboxylic acids is 1. The minimum Gasteiger partial charge on any atom is -0.491 e. The highest BCUT2D eigenvalue weighted by Crippen LogP contribution is 2.32. The van der Waals surface area contributed by atoms with Crippen molar-refractivity contribution < 1.29 is 19.4 Å². The van der Waals surface area contributed by atoms with Crippen LogP contribution < -0.4 is 10.1 Å². The van der Waals surface area contributed by atoms with E-state index in [1.165, 1.54) is 0 Å². The van der Waals surface area contributed by atoms with Crippen LogP contribution in [-0.2, 0) is 16.0 Å². The van der Waals surface area contributed by atoms with Crippen molar-refractivity contribution in [1.82, 2.24) is 0 Å². The average Bonchev–Trinajstić information content (AvgIpc) is 2.46. The second-order valence-corrected chi connectivity index (χ2v) is 5.24. The molecule has 21 heavy (non-hydrogen) atoms. The van der Waals surface area contributed by atoms with Crippen molar-refractivity contribution >= 4 is 17.6 Å². The van der Waals surface area contributed by atoms with Crippen molar-refractivity contribution in [3.63, 3.8) is 0 Å². The Hall–Kier alpha value is -2.04. The maximum atomic E-state index is 11.5. The lowest BCUT2D eigenvalue weighted by Crippen LogP contribution is -2.19. The minimum absolute atomic E-state index is 0.0345. The number of carboxylic acid groups (broad SMARTS) is 1. The quantitative estimate of drug-likeness (QED) is 0.722. The molecule has 1 aromatic rings. The first-order valence-corrected chi connectivity index (χ1v) is 7.43. The number of amides is 1.